The molecule has 2 saturated heterocycles. The molecule has 0 aromatic carbocycles. The molecule has 190 valence electrons. The summed E-state index contributed by atoms with van der Waals surface area (Å²) < 4.78 is 0. The Morgan fingerprint density at radius 2 is 0.781 bits per heavy atom. The zero-order valence-electron chi connectivity index (χ0n) is 22.5. The fraction of sp³-hybridized carbons (Fsp3) is 1.00. The first-order valence-electron chi connectivity index (χ1n) is 13.1. The van der Waals surface area contributed by atoms with Gasteiger partial charge in [0.05, 0.1) is 13.2 Å². The average Bonchev–Trinajstić information content (AvgIpc) is 2.57. The summed E-state index contributed by atoms with van der Waals surface area (Å²) in [5.41, 5.74) is 12.5. The number of hydrogen-bond acceptors (Lipinski definition) is 6. The van der Waals surface area contributed by atoms with Crippen LogP contribution in [0.2, 0.25) is 0 Å². The molecular weight excluding hydrogens is 400 g/mol. The minimum Gasteiger partial charge on any atom is -0.328 e. The van der Waals surface area contributed by atoms with Crippen LogP contribution < -0.4 is 11.5 Å². The first-order chi connectivity index (χ1) is 14.7. The Morgan fingerprint density at radius 3 is 1.06 bits per heavy atom. The summed E-state index contributed by atoms with van der Waals surface area (Å²) in [6.07, 6.45) is 11.1. The maximum atomic E-state index is 6.27. The van der Waals surface area contributed by atoms with Gasteiger partial charge in [0.1, 0.15) is 0 Å². The monoisotopic (exact) mass is 454 g/mol. The molecule has 0 unspecified atom stereocenters. The molecule has 0 aromatic rings. The molecule has 0 bridgehead atoms. The summed E-state index contributed by atoms with van der Waals surface area (Å²) in [5.74, 6) is 0. The highest BCUT2D eigenvalue weighted by molar-refractivity contribution is 4.99. The summed E-state index contributed by atoms with van der Waals surface area (Å²) in [4.78, 5) is 12.5. The van der Waals surface area contributed by atoms with Gasteiger partial charge in [0.15, 0.2) is 0 Å². The molecule has 0 atom stereocenters. The number of hydrogen-bond donors (Lipinski definition) is 2. The van der Waals surface area contributed by atoms with Gasteiger partial charge in [-0.1, -0.05) is 25.7 Å². The van der Waals surface area contributed by atoms with Gasteiger partial charge in [0.25, 0.3) is 0 Å². The van der Waals surface area contributed by atoms with E-state index in [9.17, 15) is 0 Å². The molecule has 6 nitrogen and oxygen atoms in total. The minimum absolute atomic E-state index is 0.0102. The smallest absolute Gasteiger partial charge is 0.0685 e. The summed E-state index contributed by atoms with van der Waals surface area (Å²) in [5, 5.41) is 4.44. The van der Waals surface area contributed by atoms with E-state index >= 15 is 0 Å². The summed E-state index contributed by atoms with van der Waals surface area (Å²) in [6.45, 7) is 19.6. The molecule has 0 saturated carbocycles. The normalized spacial score (nSPS) is 26.4. The molecule has 2 aliphatic rings. The Balaban J connectivity index is 1.57. The van der Waals surface area contributed by atoms with E-state index < -0.39 is 0 Å². The largest absolute Gasteiger partial charge is 0.328 e. The van der Waals surface area contributed by atoms with Gasteiger partial charge < -0.3 is 11.5 Å². The molecule has 6 heteroatoms. The molecule has 4 N–H and O–H groups in total. The van der Waals surface area contributed by atoms with Crippen molar-refractivity contribution in [1.82, 2.24) is 10.1 Å². The quantitative estimate of drug-likeness (QED) is 0.420. The van der Waals surface area contributed by atoms with Crippen LogP contribution in [0.25, 0.3) is 0 Å². The van der Waals surface area contributed by atoms with Gasteiger partial charge in [0, 0.05) is 34.2 Å². The predicted molar refractivity (Wildman–Crippen MR) is 134 cm³/mol. The Labute approximate surface area is 198 Å². The lowest BCUT2D eigenvalue weighted by molar-refractivity contribution is -0.283. The van der Waals surface area contributed by atoms with Crippen molar-refractivity contribution < 1.29 is 9.68 Å². The van der Waals surface area contributed by atoms with Crippen molar-refractivity contribution in [2.24, 2.45) is 11.5 Å². The van der Waals surface area contributed by atoms with Crippen LogP contribution in [0.4, 0.5) is 0 Å². The van der Waals surface area contributed by atoms with Crippen LogP contribution in [0, 0.1) is 0 Å². The van der Waals surface area contributed by atoms with Crippen molar-refractivity contribution in [1.29, 1.82) is 0 Å². The van der Waals surface area contributed by atoms with Crippen molar-refractivity contribution in [3.63, 3.8) is 0 Å². The van der Waals surface area contributed by atoms with E-state index in [1.807, 2.05) is 0 Å². The van der Waals surface area contributed by atoms with Gasteiger partial charge in [-0.15, -0.1) is 0 Å². The van der Waals surface area contributed by atoms with Gasteiger partial charge in [-0.3, -0.25) is 9.68 Å². The van der Waals surface area contributed by atoms with Crippen LogP contribution in [-0.2, 0) is 9.68 Å². The maximum Gasteiger partial charge on any atom is 0.0685 e. The fourth-order valence-electron chi connectivity index (χ4n) is 6.60. The molecule has 32 heavy (non-hydrogen) atoms. The lowest BCUT2D eigenvalue weighted by Gasteiger charge is -2.53. The summed E-state index contributed by atoms with van der Waals surface area (Å²) in [7, 11) is 0. The first-order valence-corrected chi connectivity index (χ1v) is 13.1. The Bertz CT molecular complexity index is 490. The second-order valence-electron chi connectivity index (χ2n) is 13.0. The highest BCUT2D eigenvalue weighted by Crippen LogP contribution is 2.39. The van der Waals surface area contributed by atoms with Crippen LogP contribution in [-0.4, -0.2) is 57.6 Å². The molecule has 0 aliphatic carbocycles. The number of hydroxylamine groups is 4. The molecule has 2 aliphatic heterocycles. The number of rotatable bonds is 11. The number of nitrogens with two attached hydrogens (primary N) is 2. The van der Waals surface area contributed by atoms with E-state index in [4.69, 9.17) is 21.1 Å². The number of unbranched alkanes of at least 4 members (excludes halogenated alkanes) is 5. The topological polar surface area (TPSA) is 77.0 Å². The number of nitrogens with zero attached hydrogens (tertiary/aromatic N) is 2. The van der Waals surface area contributed by atoms with Crippen molar-refractivity contribution in [3.8, 4) is 0 Å². The van der Waals surface area contributed by atoms with Crippen LogP contribution in [0.15, 0.2) is 0 Å². The van der Waals surface area contributed by atoms with E-state index in [1.165, 1.54) is 25.7 Å². The highest BCUT2D eigenvalue weighted by atomic mass is 16.7. The van der Waals surface area contributed by atoms with E-state index in [0.29, 0.717) is 0 Å². The van der Waals surface area contributed by atoms with E-state index in [0.717, 1.165) is 51.7 Å². The fourth-order valence-corrected chi connectivity index (χ4v) is 6.60. The van der Waals surface area contributed by atoms with Crippen molar-refractivity contribution >= 4 is 0 Å². The third-order valence-corrected chi connectivity index (χ3v) is 7.23. The van der Waals surface area contributed by atoms with Crippen molar-refractivity contribution in [3.05, 3.63) is 0 Å². The maximum absolute atomic E-state index is 6.27. The van der Waals surface area contributed by atoms with Crippen LogP contribution in [0.1, 0.15) is 120 Å². The number of piperidine rings is 2. The van der Waals surface area contributed by atoms with Crippen LogP contribution >= 0.6 is 0 Å². The lowest BCUT2D eigenvalue weighted by atomic mass is 9.79. The standard InChI is InChI=1S/C26H54N4O2/c1-23(2)17-21(27)18-24(3,4)29(23)31-15-13-11-9-10-12-14-16-32-30-25(5,6)19-22(28)20-26(30,7)8/h21-22H,9-20,27-28H2,1-8H3. The second kappa shape index (κ2) is 11.0. The summed E-state index contributed by atoms with van der Waals surface area (Å²) >= 11 is 0. The molecular formula is C26H54N4O2. The third kappa shape index (κ3) is 7.64. The third-order valence-electron chi connectivity index (χ3n) is 7.23. The van der Waals surface area contributed by atoms with Crippen molar-refractivity contribution in [2.45, 2.75) is 154 Å². The van der Waals surface area contributed by atoms with E-state index in [-0.39, 0.29) is 34.2 Å². The second-order valence-corrected chi connectivity index (χ2v) is 13.0. The summed E-state index contributed by atoms with van der Waals surface area (Å²) in [6, 6.07) is 0.516. The van der Waals surface area contributed by atoms with Crippen molar-refractivity contribution in [2.75, 3.05) is 13.2 Å². The zero-order valence-corrected chi connectivity index (χ0v) is 22.5. The highest BCUT2D eigenvalue weighted by Gasteiger charge is 2.46. The zero-order chi connectivity index (χ0) is 24.2. The Kier molecular flexibility index (Phi) is 9.63. The molecule has 2 heterocycles. The lowest BCUT2D eigenvalue weighted by Crippen LogP contribution is -2.63. The Hall–Kier alpha value is -0.240. The van der Waals surface area contributed by atoms with Gasteiger partial charge in [-0.2, -0.15) is 10.1 Å². The SMILES string of the molecule is CC1(C)CC(N)CC(C)(C)N1OCCCCCCCCON1C(C)(C)CC(N)CC1(C)C. The van der Waals surface area contributed by atoms with Crippen LogP contribution in [0.5, 0.6) is 0 Å². The molecule has 2 fully saturated rings. The van der Waals surface area contributed by atoms with Crippen LogP contribution in [0.3, 0.4) is 0 Å². The average molecular weight is 455 g/mol. The Morgan fingerprint density at radius 1 is 0.531 bits per heavy atom. The predicted octanol–water partition coefficient (Wildman–Crippen LogP) is 5.15. The molecule has 0 radical (unpaired) electrons. The molecule has 0 aromatic heterocycles. The first kappa shape index (κ1) is 28.0. The van der Waals surface area contributed by atoms with E-state index in [2.05, 4.69) is 65.5 Å². The minimum atomic E-state index is -0.0102. The molecule has 0 amide bonds. The molecule has 0 spiro atoms. The van der Waals surface area contributed by atoms with Gasteiger partial charge >= 0.3 is 0 Å². The van der Waals surface area contributed by atoms with Gasteiger partial charge in [-0.05, 0) is 93.9 Å². The molecule has 2 rings (SSSR count). The van der Waals surface area contributed by atoms with Gasteiger partial charge in [-0.25, -0.2) is 0 Å². The van der Waals surface area contributed by atoms with E-state index in [1.54, 1.807) is 0 Å². The van der Waals surface area contributed by atoms with Gasteiger partial charge in [0.2, 0.25) is 0 Å².